The fourth-order valence-electron chi connectivity index (χ4n) is 2.78. The largest absolute Gasteiger partial charge is 0.378 e. The number of carbonyl (C=O) groups excluding carboxylic acids is 2. The summed E-state index contributed by atoms with van der Waals surface area (Å²) >= 11 is 0. The van der Waals surface area contributed by atoms with Gasteiger partial charge in [0.05, 0.1) is 25.3 Å². The zero-order valence-corrected chi connectivity index (χ0v) is 14.1. The quantitative estimate of drug-likeness (QED) is 0.740. The molecule has 1 aromatic heterocycles. The number of morpholine rings is 1. The van der Waals surface area contributed by atoms with Crippen molar-refractivity contribution in [3.63, 3.8) is 0 Å². The molecule has 0 saturated carbocycles. The van der Waals surface area contributed by atoms with Crippen LogP contribution in [0.1, 0.15) is 17.0 Å². The van der Waals surface area contributed by atoms with E-state index >= 15 is 0 Å². The number of nitrogens with zero attached hydrogens (tertiary/aromatic N) is 3. The molecule has 2 heterocycles. The summed E-state index contributed by atoms with van der Waals surface area (Å²) in [6, 6.07) is 12.0. The first-order valence-corrected chi connectivity index (χ1v) is 8.46. The number of ketones is 1. The van der Waals surface area contributed by atoms with Gasteiger partial charge in [-0.1, -0.05) is 30.3 Å². The smallest absolute Gasteiger partial charge is 0.290 e. The van der Waals surface area contributed by atoms with Crippen LogP contribution < -0.4 is 0 Å². The molecular formula is C19H21N3O3. The van der Waals surface area contributed by atoms with E-state index in [2.05, 4.69) is 22.1 Å². The number of hydrogen-bond donors (Lipinski definition) is 0. The van der Waals surface area contributed by atoms with Crippen molar-refractivity contribution in [1.82, 2.24) is 14.9 Å². The highest BCUT2D eigenvalue weighted by molar-refractivity contribution is 6.36. The van der Waals surface area contributed by atoms with E-state index in [9.17, 15) is 9.59 Å². The van der Waals surface area contributed by atoms with Crippen LogP contribution in [-0.4, -0.2) is 52.9 Å². The molecular weight excluding hydrogens is 318 g/mol. The maximum Gasteiger partial charge on any atom is 0.290 e. The average Bonchev–Trinajstić information content (AvgIpc) is 2.67. The van der Waals surface area contributed by atoms with Crippen LogP contribution in [0.5, 0.6) is 0 Å². The molecule has 0 N–H and O–H groups in total. The van der Waals surface area contributed by atoms with Gasteiger partial charge in [0.2, 0.25) is 5.78 Å². The Kier molecular flexibility index (Phi) is 5.85. The lowest BCUT2D eigenvalue weighted by Gasteiger charge is -2.26. The maximum absolute atomic E-state index is 12.2. The molecule has 1 saturated heterocycles. The lowest BCUT2D eigenvalue weighted by Crippen LogP contribution is -2.44. The number of hydrogen-bond acceptors (Lipinski definition) is 5. The van der Waals surface area contributed by atoms with Crippen LogP contribution in [0.15, 0.2) is 42.7 Å². The summed E-state index contributed by atoms with van der Waals surface area (Å²) in [5.41, 5.74) is 2.70. The van der Waals surface area contributed by atoms with Crippen molar-refractivity contribution in [1.29, 1.82) is 0 Å². The molecule has 0 aliphatic carbocycles. The fourth-order valence-corrected chi connectivity index (χ4v) is 2.78. The van der Waals surface area contributed by atoms with Crippen molar-refractivity contribution in [3.8, 4) is 0 Å². The molecule has 1 aliphatic rings. The Balaban J connectivity index is 1.57. The van der Waals surface area contributed by atoms with Crippen LogP contribution >= 0.6 is 0 Å². The van der Waals surface area contributed by atoms with E-state index in [0.717, 1.165) is 18.5 Å². The minimum Gasteiger partial charge on any atom is -0.378 e. The summed E-state index contributed by atoms with van der Waals surface area (Å²) in [4.78, 5) is 34.3. The summed E-state index contributed by atoms with van der Waals surface area (Å²) < 4.78 is 5.20. The summed E-state index contributed by atoms with van der Waals surface area (Å²) in [6.07, 6.45) is 3.11. The van der Waals surface area contributed by atoms with Gasteiger partial charge in [0.1, 0.15) is 6.33 Å². The van der Waals surface area contributed by atoms with E-state index in [1.54, 1.807) is 4.90 Å². The van der Waals surface area contributed by atoms with E-state index in [1.807, 2.05) is 24.3 Å². The number of aryl methyl sites for hydroxylation is 2. The minimum absolute atomic E-state index is 0.0110. The van der Waals surface area contributed by atoms with Crippen LogP contribution in [0, 0.1) is 0 Å². The number of ether oxygens (including phenoxy) is 1. The van der Waals surface area contributed by atoms with Crippen LogP contribution in [0.4, 0.5) is 0 Å². The molecule has 1 fully saturated rings. The third kappa shape index (κ3) is 4.93. The molecule has 0 spiro atoms. The van der Waals surface area contributed by atoms with Gasteiger partial charge in [-0.3, -0.25) is 9.59 Å². The molecule has 3 rings (SSSR count). The molecule has 0 atom stereocenters. The standard InChI is InChI=1S/C19H21N3O3/c23-18(19(24)22-8-10-25-11-9-22)13-17-12-16(20-14-21-17)7-6-15-4-2-1-3-5-15/h1-5,12,14H,6-11,13H2. The Hall–Kier alpha value is -2.60. The van der Waals surface area contributed by atoms with Crippen LogP contribution in [-0.2, 0) is 33.6 Å². The number of amides is 1. The normalized spacial score (nSPS) is 14.3. The number of rotatable bonds is 6. The predicted molar refractivity (Wildman–Crippen MR) is 92.0 cm³/mol. The topological polar surface area (TPSA) is 72.4 Å². The second-order valence-electron chi connectivity index (χ2n) is 5.99. The first-order valence-electron chi connectivity index (χ1n) is 8.46. The Morgan fingerprint density at radius 3 is 2.48 bits per heavy atom. The molecule has 130 valence electrons. The van der Waals surface area contributed by atoms with Crippen molar-refractivity contribution in [3.05, 3.63) is 59.7 Å². The highest BCUT2D eigenvalue weighted by atomic mass is 16.5. The predicted octanol–water partition coefficient (Wildman–Crippen LogP) is 1.23. The molecule has 2 aromatic rings. The van der Waals surface area contributed by atoms with Gasteiger partial charge in [-0.15, -0.1) is 0 Å². The van der Waals surface area contributed by atoms with Gasteiger partial charge < -0.3 is 9.64 Å². The molecule has 1 aromatic carbocycles. The lowest BCUT2D eigenvalue weighted by atomic mass is 10.1. The third-order valence-electron chi connectivity index (χ3n) is 4.17. The zero-order chi connectivity index (χ0) is 17.5. The lowest BCUT2D eigenvalue weighted by molar-refractivity contribution is -0.147. The van der Waals surface area contributed by atoms with Gasteiger partial charge >= 0.3 is 0 Å². The molecule has 0 radical (unpaired) electrons. The number of aromatic nitrogens is 2. The van der Waals surface area contributed by atoms with Crippen LogP contribution in [0.3, 0.4) is 0 Å². The van der Waals surface area contributed by atoms with Crippen LogP contribution in [0.25, 0.3) is 0 Å². The first-order chi connectivity index (χ1) is 12.2. The van der Waals surface area contributed by atoms with E-state index in [-0.39, 0.29) is 6.42 Å². The molecule has 6 nitrogen and oxygen atoms in total. The van der Waals surface area contributed by atoms with Crippen molar-refractivity contribution < 1.29 is 14.3 Å². The Morgan fingerprint density at radius 1 is 1.00 bits per heavy atom. The highest BCUT2D eigenvalue weighted by Gasteiger charge is 2.24. The maximum atomic E-state index is 12.2. The summed E-state index contributed by atoms with van der Waals surface area (Å²) in [5.74, 6) is -0.887. The van der Waals surface area contributed by atoms with E-state index < -0.39 is 11.7 Å². The first kappa shape index (κ1) is 17.2. The van der Waals surface area contributed by atoms with Gasteiger partial charge in [-0.2, -0.15) is 0 Å². The SMILES string of the molecule is O=C(Cc1cc(CCc2ccccc2)ncn1)C(=O)N1CCOCC1. The second kappa shape index (κ2) is 8.48. The second-order valence-corrected chi connectivity index (χ2v) is 5.99. The van der Waals surface area contributed by atoms with Gasteiger partial charge in [-0.05, 0) is 24.5 Å². The molecule has 1 aliphatic heterocycles. The monoisotopic (exact) mass is 339 g/mol. The molecule has 1 amide bonds. The third-order valence-corrected chi connectivity index (χ3v) is 4.17. The van der Waals surface area contributed by atoms with E-state index in [4.69, 9.17) is 4.74 Å². The molecule has 0 bridgehead atoms. The Labute approximate surface area is 146 Å². The van der Waals surface area contributed by atoms with E-state index in [1.165, 1.54) is 11.9 Å². The van der Waals surface area contributed by atoms with Crippen molar-refractivity contribution in [2.24, 2.45) is 0 Å². The van der Waals surface area contributed by atoms with Crippen LogP contribution in [0.2, 0.25) is 0 Å². The van der Waals surface area contributed by atoms with Gasteiger partial charge in [0.15, 0.2) is 0 Å². The van der Waals surface area contributed by atoms with Crippen molar-refractivity contribution in [2.75, 3.05) is 26.3 Å². The number of Topliss-reactive ketones (excluding diaryl/α,β-unsaturated/α-hetero) is 1. The molecule has 6 heteroatoms. The average molecular weight is 339 g/mol. The van der Waals surface area contributed by atoms with Gasteiger partial charge in [0.25, 0.3) is 5.91 Å². The molecule has 0 unspecified atom stereocenters. The minimum atomic E-state index is -0.451. The number of carbonyl (C=O) groups is 2. The van der Waals surface area contributed by atoms with Crippen molar-refractivity contribution >= 4 is 11.7 Å². The Bertz CT molecular complexity index is 728. The summed E-state index contributed by atoms with van der Waals surface area (Å²) in [6.45, 7) is 1.90. The van der Waals surface area contributed by atoms with Gasteiger partial charge in [0, 0.05) is 18.8 Å². The van der Waals surface area contributed by atoms with Gasteiger partial charge in [-0.25, -0.2) is 9.97 Å². The Morgan fingerprint density at radius 2 is 1.72 bits per heavy atom. The number of benzene rings is 1. The van der Waals surface area contributed by atoms with E-state index in [0.29, 0.717) is 32.0 Å². The summed E-state index contributed by atoms with van der Waals surface area (Å²) in [7, 11) is 0. The molecule has 25 heavy (non-hydrogen) atoms. The van der Waals surface area contributed by atoms with Crippen molar-refractivity contribution in [2.45, 2.75) is 19.3 Å². The summed E-state index contributed by atoms with van der Waals surface area (Å²) in [5, 5.41) is 0. The zero-order valence-electron chi connectivity index (χ0n) is 14.1. The highest BCUT2D eigenvalue weighted by Crippen LogP contribution is 2.08. The fraction of sp³-hybridized carbons (Fsp3) is 0.368.